The lowest BCUT2D eigenvalue weighted by Gasteiger charge is -2.16. The second kappa shape index (κ2) is 8.11. The predicted octanol–water partition coefficient (Wildman–Crippen LogP) is 0.188. The minimum absolute atomic E-state index is 0.113. The Morgan fingerprint density at radius 1 is 1.08 bits per heavy atom. The number of esters is 1. The summed E-state index contributed by atoms with van der Waals surface area (Å²) in [5, 5.41) is 2.26. The molecule has 0 aliphatic carbocycles. The molecule has 1 aromatic carbocycles. The summed E-state index contributed by atoms with van der Waals surface area (Å²) < 4.78 is 36.8. The standard InChI is InChI=1S/C15H22N2O6S/c1-9-6-12(22-4)10(2)11(3)15(9)24(20,21)17-7-13(18)16-8-14(19)23-5/h6,17H,7-8H2,1-5H3,(H,16,18). The highest BCUT2D eigenvalue weighted by molar-refractivity contribution is 7.89. The molecule has 0 bridgehead atoms. The molecule has 1 rings (SSSR count). The second-order valence-electron chi connectivity index (χ2n) is 5.15. The van der Waals surface area contributed by atoms with Crippen molar-refractivity contribution in [2.45, 2.75) is 25.7 Å². The van der Waals surface area contributed by atoms with Crippen LogP contribution in [0.4, 0.5) is 0 Å². The normalized spacial score (nSPS) is 11.0. The molecule has 134 valence electrons. The summed E-state index contributed by atoms with van der Waals surface area (Å²) in [6.45, 7) is 4.29. The number of methoxy groups -OCH3 is 2. The van der Waals surface area contributed by atoms with Gasteiger partial charge in [0.25, 0.3) is 0 Å². The van der Waals surface area contributed by atoms with Crippen molar-refractivity contribution in [3.05, 3.63) is 22.8 Å². The van der Waals surface area contributed by atoms with Crippen LogP contribution in [0.3, 0.4) is 0 Å². The van der Waals surface area contributed by atoms with Crippen molar-refractivity contribution in [1.82, 2.24) is 10.0 Å². The van der Waals surface area contributed by atoms with Crippen molar-refractivity contribution in [1.29, 1.82) is 0 Å². The van der Waals surface area contributed by atoms with Crippen LogP contribution in [0, 0.1) is 20.8 Å². The third-order valence-corrected chi connectivity index (χ3v) is 5.24. The Labute approximate surface area is 141 Å². The summed E-state index contributed by atoms with van der Waals surface area (Å²) in [6.07, 6.45) is 0. The van der Waals surface area contributed by atoms with E-state index in [-0.39, 0.29) is 11.4 Å². The molecule has 0 fully saturated rings. The van der Waals surface area contributed by atoms with Crippen LogP contribution < -0.4 is 14.8 Å². The Balaban J connectivity index is 2.92. The van der Waals surface area contributed by atoms with Gasteiger partial charge in [0, 0.05) is 0 Å². The van der Waals surface area contributed by atoms with Crippen molar-refractivity contribution in [3.63, 3.8) is 0 Å². The van der Waals surface area contributed by atoms with Crippen LogP contribution in [0.5, 0.6) is 5.75 Å². The number of carbonyl (C=O) groups excluding carboxylic acids is 2. The number of ether oxygens (including phenoxy) is 2. The Hall–Kier alpha value is -2.13. The van der Waals surface area contributed by atoms with Crippen LogP contribution in [0.2, 0.25) is 0 Å². The Morgan fingerprint density at radius 3 is 2.25 bits per heavy atom. The highest BCUT2D eigenvalue weighted by Gasteiger charge is 2.23. The molecule has 0 spiro atoms. The molecule has 2 N–H and O–H groups in total. The third-order valence-electron chi connectivity index (χ3n) is 3.55. The van der Waals surface area contributed by atoms with E-state index in [4.69, 9.17) is 4.74 Å². The van der Waals surface area contributed by atoms with E-state index in [0.29, 0.717) is 22.4 Å². The highest BCUT2D eigenvalue weighted by atomic mass is 32.2. The summed E-state index contributed by atoms with van der Waals surface area (Å²) in [5.74, 6) is -0.659. The second-order valence-corrected chi connectivity index (χ2v) is 6.86. The van der Waals surface area contributed by atoms with Crippen molar-refractivity contribution in [2.24, 2.45) is 0 Å². The predicted molar refractivity (Wildman–Crippen MR) is 87.4 cm³/mol. The minimum atomic E-state index is -3.89. The maximum Gasteiger partial charge on any atom is 0.325 e. The molecule has 0 aliphatic rings. The molecule has 0 radical (unpaired) electrons. The lowest BCUT2D eigenvalue weighted by Crippen LogP contribution is -2.39. The zero-order valence-corrected chi connectivity index (χ0v) is 15.2. The van der Waals surface area contributed by atoms with Gasteiger partial charge in [0.05, 0.1) is 25.7 Å². The zero-order valence-electron chi connectivity index (χ0n) is 14.3. The van der Waals surface area contributed by atoms with E-state index in [2.05, 4.69) is 14.8 Å². The van der Waals surface area contributed by atoms with Crippen molar-refractivity contribution in [3.8, 4) is 5.75 Å². The van der Waals surface area contributed by atoms with Crippen LogP contribution in [0.15, 0.2) is 11.0 Å². The smallest absolute Gasteiger partial charge is 0.325 e. The van der Waals surface area contributed by atoms with E-state index in [1.807, 2.05) is 0 Å². The fraction of sp³-hybridized carbons (Fsp3) is 0.467. The first-order valence-corrected chi connectivity index (χ1v) is 8.60. The van der Waals surface area contributed by atoms with Gasteiger partial charge in [0.1, 0.15) is 12.3 Å². The summed E-state index contributed by atoms with van der Waals surface area (Å²) in [7, 11) is -1.19. The number of rotatable bonds is 7. The monoisotopic (exact) mass is 358 g/mol. The van der Waals surface area contributed by atoms with Gasteiger partial charge in [-0.15, -0.1) is 0 Å². The van der Waals surface area contributed by atoms with Crippen LogP contribution in [0.25, 0.3) is 0 Å². The molecular formula is C15H22N2O6S. The van der Waals surface area contributed by atoms with Crippen LogP contribution in [0.1, 0.15) is 16.7 Å². The Bertz CT molecular complexity index is 743. The maximum absolute atomic E-state index is 12.5. The number of sulfonamides is 1. The van der Waals surface area contributed by atoms with Gasteiger partial charge in [-0.05, 0) is 43.5 Å². The summed E-state index contributed by atoms with van der Waals surface area (Å²) in [6, 6.07) is 1.63. The SMILES string of the molecule is COC(=O)CNC(=O)CNS(=O)(=O)c1c(C)cc(OC)c(C)c1C. The van der Waals surface area contributed by atoms with Gasteiger partial charge in [-0.1, -0.05) is 0 Å². The summed E-state index contributed by atoms with van der Waals surface area (Å²) in [4.78, 5) is 22.7. The van der Waals surface area contributed by atoms with E-state index in [1.54, 1.807) is 26.8 Å². The van der Waals surface area contributed by atoms with Gasteiger partial charge >= 0.3 is 5.97 Å². The lowest BCUT2D eigenvalue weighted by atomic mass is 10.1. The number of hydrogen-bond acceptors (Lipinski definition) is 6. The molecule has 0 heterocycles. The lowest BCUT2D eigenvalue weighted by molar-refractivity contribution is -0.141. The average Bonchev–Trinajstić information content (AvgIpc) is 2.53. The van der Waals surface area contributed by atoms with E-state index in [9.17, 15) is 18.0 Å². The molecule has 8 nitrogen and oxygen atoms in total. The van der Waals surface area contributed by atoms with E-state index in [0.717, 1.165) is 0 Å². The van der Waals surface area contributed by atoms with Gasteiger partial charge in [-0.25, -0.2) is 13.1 Å². The van der Waals surface area contributed by atoms with Crippen molar-refractivity contribution >= 4 is 21.9 Å². The third kappa shape index (κ3) is 4.68. The topological polar surface area (TPSA) is 111 Å². The minimum Gasteiger partial charge on any atom is -0.496 e. The van der Waals surface area contributed by atoms with Crippen LogP contribution >= 0.6 is 0 Å². The van der Waals surface area contributed by atoms with Gasteiger partial charge in [0.2, 0.25) is 15.9 Å². The largest absolute Gasteiger partial charge is 0.496 e. The highest BCUT2D eigenvalue weighted by Crippen LogP contribution is 2.30. The van der Waals surface area contributed by atoms with Gasteiger partial charge in [-0.2, -0.15) is 0 Å². The zero-order chi connectivity index (χ0) is 18.5. The molecule has 0 aromatic heterocycles. The van der Waals surface area contributed by atoms with Crippen LogP contribution in [-0.2, 0) is 24.3 Å². The number of benzene rings is 1. The quantitative estimate of drug-likeness (QED) is 0.673. The van der Waals surface area contributed by atoms with Gasteiger partial charge in [-0.3, -0.25) is 9.59 Å². The number of nitrogens with one attached hydrogen (secondary N) is 2. The van der Waals surface area contributed by atoms with E-state index >= 15 is 0 Å². The molecule has 0 atom stereocenters. The maximum atomic E-state index is 12.5. The average molecular weight is 358 g/mol. The van der Waals surface area contributed by atoms with Gasteiger partial charge in [0.15, 0.2) is 0 Å². The molecule has 9 heteroatoms. The Morgan fingerprint density at radius 2 is 1.71 bits per heavy atom. The molecule has 0 unspecified atom stereocenters. The summed E-state index contributed by atoms with van der Waals surface area (Å²) >= 11 is 0. The van der Waals surface area contributed by atoms with E-state index in [1.165, 1.54) is 14.2 Å². The van der Waals surface area contributed by atoms with Gasteiger partial charge < -0.3 is 14.8 Å². The molecular weight excluding hydrogens is 336 g/mol. The number of amides is 1. The molecule has 1 amide bonds. The fourth-order valence-corrected chi connectivity index (χ4v) is 3.69. The molecule has 0 saturated carbocycles. The molecule has 24 heavy (non-hydrogen) atoms. The fourth-order valence-electron chi connectivity index (χ4n) is 2.18. The molecule has 0 saturated heterocycles. The first kappa shape index (κ1) is 19.9. The molecule has 1 aromatic rings. The van der Waals surface area contributed by atoms with Crippen molar-refractivity contribution < 1.29 is 27.5 Å². The van der Waals surface area contributed by atoms with Crippen LogP contribution in [-0.4, -0.2) is 47.6 Å². The Kier molecular flexibility index (Phi) is 6.73. The van der Waals surface area contributed by atoms with Crippen molar-refractivity contribution in [2.75, 3.05) is 27.3 Å². The first-order chi connectivity index (χ1) is 11.1. The number of carbonyl (C=O) groups is 2. The summed E-state index contributed by atoms with van der Waals surface area (Å²) in [5.41, 5.74) is 1.77. The number of hydrogen-bond donors (Lipinski definition) is 2. The number of aryl methyl sites for hydroxylation is 1. The first-order valence-electron chi connectivity index (χ1n) is 7.12. The molecule has 0 aliphatic heterocycles. The van der Waals surface area contributed by atoms with E-state index < -0.39 is 28.4 Å².